The number of hydrogen-bond donors (Lipinski definition) is 1. The SMILES string of the molecule is CC[C@H](NC(=O)/C=C/c1ccccc1Cl)c1ccc(C)c(C)c1. The molecule has 0 spiro atoms. The number of benzene rings is 2. The smallest absolute Gasteiger partial charge is 0.244 e. The molecule has 0 fully saturated rings. The Bertz CT molecular complexity index is 721. The summed E-state index contributed by atoms with van der Waals surface area (Å²) in [6.07, 6.45) is 4.11. The summed E-state index contributed by atoms with van der Waals surface area (Å²) in [4.78, 5) is 12.2. The number of halogens is 1. The lowest BCUT2D eigenvalue weighted by molar-refractivity contribution is -0.117. The summed E-state index contributed by atoms with van der Waals surface area (Å²) >= 11 is 6.09. The van der Waals surface area contributed by atoms with Gasteiger partial charge < -0.3 is 5.32 Å². The van der Waals surface area contributed by atoms with Crippen molar-refractivity contribution >= 4 is 23.6 Å². The van der Waals surface area contributed by atoms with Gasteiger partial charge in [0.15, 0.2) is 0 Å². The number of amides is 1. The van der Waals surface area contributed by atoms with E-state index in [1.54, 1.807) is 6.08 Å². The van der Waals surface area contributed by atoms with Gasteiger partial charge in [-0.25, -0.2) is 0 Å². The number of nitrogens with one attached hydrogen (secondary N) is 1. The first-order valence-corrected chi connectivity index (χ1v) is 8.19. The first-order valence-electron chi connectivity index (χ1n) is 7.81. The van der Waals surface area contributed by atoms with Crippen molar-refractivity contribution in [3.8, 4) is 0 Å². The third-order valence-corrected chi connectivity index (χ3v) is 4.32. The van der Waals surface area contributed by atoms with E-state index in [1.165, 1.54) is 17.2 Å². The molecule has 2 nitrogen and oxygen atoms in total. The second kappa shape index (κ2) is 7.98. The molecular formula is C20H22ClNO. The van der Waals surface area contributed by atoms with Crippen LogP contribution < -0.4 is 5.32 Å². The van der Waals surface area contributed by atoms with Gasteiger partial charge >= 0.3 is 0 Å². The van der Waals surface area contributed by atoms with Gasteiger partial charge in [-0.05, 0) is 54.7 Å². The summed E-state index contributed by atoms with van der Waals surface area (Å²) in [6.45, 7) is 6.24. The fraction of sp³-hybridized carbons (Fsp3) is 0.250. The third-order valence-electron chi connectivity index (χ3n) is 3.98. The molecule has 3 heteroatoms. The van der Waals surface area contributed by atoms with E-state index in [9.17, 15) is 4.79 Å². The summed E-state index contributed by atoms with van der Waals surface area (Å²) in [5, 5.41) is 3.69. The number of rotatable bonds is 5. The minimum absolute atomic E-state index is 0.0118. The average molecular weight is 328 g/mol. The Morgan fingerprint density at radius 2 is 1.91 bits per heavy atom. The van der Waals surface area contributed by atoms with Crippen molar-refractivity contribution in [1.29, 1.82) is 0 Å². The Balaban J connectivity index is 2.08. The van der Waals surface area contributed by atoms with E-state index in [0.717, 1.165) is 17.5 Å². The summed E-state index contributed by atoms with van der Waals surface area (Å²) in [5.74, 6) is -0.116. The molecule has 0 heterocycles. The predicted octanol–water partition coefficient (Wildman–Crippen LogP) is 5.24. The van der Waals surface area contributed by atoms with Gasteiger partial charge in [0.1, 0.15) is 0 Å². The third kappa shape index (κ3) is 4.70. The number of carbonyl (C=O) groups excluding carboxylic acids is 1. The zero-order valence-electron chi connectivity index (χ0n) is 13.8. The van der Waals surface area contributed by atoms with E-state index >= 15 is 0 Å². The molecule has 0 unspecified atom stereocenters. The van der Waals surface area contributed by atoms with E-state index in [0.29, 0.717) is 5.02 Å². The fourth-order valence-corrected chi connectivity index (χ4v) is 2.60. The monoisotopic (exact) mass is 327 g/mol. The second-order valence-corrected chi connectivity index (χ2v) is 6.08. The highest BCUT2D eigenvalue weighted by Crippen LogP contribution is 2.20. The van der Waals surface area contributed by atoms with Crippen LogP contribution in [0.1, 0.15) is 41.6 Å². The molecule has 2 aromatic rings. The van der Waals surface area contributed by atoms with Crippen LogP contribution in [0, 0.1) is 13.8 Å². The van der Waals surface area contributed by atoms with Gasteiger partial charge in [0.25, 0.3) is 0 Å². The summed E-state index contributed by atoms with van der Waals surface area (Å²) in [7, 11) is 0. The van der Waals surface area contributed by atoms with Crippen LogP contribution in [0.25, 0.3) is 6.08 Å². The molecule has 1 N–H and O–H groups in total. The van der Waals surface area contributed by atoms with Crippen LogP contribution in [0.3, 0.4) is 0 Å². The molecule has 0 aliphatic rings. The number of aryl methyl sites for hydroxylation is 2. The molecule has 0 saturated carbocycles. The summed E-state index contributed by atoms with van der Waals surface area (Å²) in [6, 6.07) is 13.8. The maximum absolute atomic E-state index is 12.2. The standard InChI is InChI=1S/C20H22ClNO/c1-4-19(17-10-9-14(2)15(3)13-17)22-20(23)12-11-16-7-5-6-8-18(16)21/h5-13,19H,4H2,1-3H3,(H,22,23)/b12-11+/t19-/m0/s1. The molecule has 23 heavy (non-hydrogen) atoms. The highest BCUT2D eigenvalue weighted by atomic mass is 35.5. The lowest BCUT2D eigenvalue weighted by Gasteiger charge is -2.17. The van der Waals surface area contributed by atoms with Gasteiger partial charge in [-0.2, -0.15) is 0 Å². The Morgan fingerprint density at radius 1 is 1.17 bits per heavy atom. The molecule has 0 radical (unpaired) electrons. The van der Waals surface area contributed by atoms with Crippen molar-refractivity contribution in [2.45, 2.75) is 33.2 Å². The molecular weight excluding hydrogens is 306 g/mol. The van der Waals surface area contributed by atoms with Gasteiger partial charge in [-0.1, -0.05) is 54.9 Å². The Kier molecular flexibility index (Phi) is 6.00. The molecule has 0 aliphatic heterocycles. The van der Waals surface area contributed by atoms with E-state index in [4.69, 9.17) is 11.6 Å². The van der Waals surface area contributed by atoms with E-state index in [1.807, 2.05) is 24.3 Å². The molecule has 2 rings (SSSR count). The molecule has 1 atom stereocenters. The summed E-state index contributed by atoms with van der Waals surface area (Å²) < 4.78 is 0. The van der Waals surface area contributed by atoms with Crippen LogP contribution >= 0.6 is 11.6 Å². The van der Waals surface area contributed by atoms with Crippen molar-refractivity contribution in [3.05, 3.63) is 75.8 Å². The van der Waals surface area contributed by atoms with Crippen molar-refractivity contribution in [2.75, 3.05) is 0 Å². The van der Waals surface area contributed by atoms with Crippen molar-refractivity contribution in [2.24, 2.45) is 0 Å². The predicted molar refractivity (Wildman–Crippen MR) is 97.6 cm³/mol. The zero-order valence-corrected chi connectivity index (χ0v) is 14.5. The van der Waals surface area contributed by atoms with E-state index < -0.39 is 0 Å². The molecule has 2 aromatic carbocycles. The first-order chi connectivity index (χ1) is 11.0. The van der Waals surface area contributed by atoms with Gasteiger partial charge in [-0.3, -0.25) is 4.79 Å². The Labute approximate surface area is 143 Å². The molecule has 0 aliphatic carbocycles. The van der Waals surface area contributed by atoms with Crippen LogP contribution in [0.2, 0.25) is 5.02 Å². The second-order valence-electron chi connectivity index (χ2n) is 5.67. The Hall–Kier alpha value is -2.06. The fourth-order valence-electron chi connectivity index (χ4n) is 2.40. The molecule has 120 valence electrons. The normalized spacial score (nSPS) is 12.3. The van der Waals surface area contributed by atoms with Crippen LogP contribution in [0.5, 0.6) is 0 Å². The molecule has 1 amide bonds. The maximum Gasteiger partial charge on any atom is 0.244 e. The van der Waals surface area contributed by atoms with Crippen LogP contribution in [0.4, 0.5) is 0 Å². The molecule has 0 aromatic heterocycles. The van der Waals surface area contributed by atoms with Crippen LogP contribution in [-0.2, 0) is 4.79 Å². The lowest BCUT2D eigenvalue weighted by atomic mass is 9.99. The largest absolute Gasteiger partial charge is 0.346 e. The zero-order chi connectivity index (χ0) is 16.8. The van der Waals surface area contributed by atoms with Gasteiger partial charge in [0.05, 0.1) is 6.04 Å². The van der Waals surface area contributed by atoms with Gasteiger partial charge in [0, 0.05) is 11.1 Å². The first kappa shape index (κ1) is 17.3. The van der Waals surface area contributed by atoms with Crippen LogP contribution in [-0.4, -0.2) is 5.91 Å². The number of hydrogen-bond acceptors (Lipinski definition) is 1. The topological polar surface area (TPSA) is 29.1 Å². The minimum Gasteiger partial charge on any atom is -0.346 e. The highest BCUT2D eigenvalue weighted by Gasteiger charge is 2.11. The van der Waals surface area contributed by atoms with E-state index in [-0.39, 0.29) is 11.9 Å². The minimum atomic E-state index is -0.116. The Morgan fingerprint density at radius 3 is 2.57 bits per heavy atom. The highest BCUT2D eigenvalue weighted by molar-refractivity contribution is 6.32. The molecule has 0 saturated heterocycles. The summed E-state index contributed by atoms with van der Waals surface area (Å²) in [5.41, 5.74) is 4.47. The van der Waals surface area contributed by atoms with Crippen molar-refractivity contribution in [3.63, 3.8) is 0 Å². The quantitative estimate of drug-likeness (QED) is 0.748. The number of carbonyl (C=O) groups is 1. The molecule has 0 bridgehead atoms. The van der Waals surface area contributed by atoms with E-state index in [2.05, 4.69) is 44.3 Å². The van der Waals surface area contributed by atoms with Gasteiger partial charge in [0.2, 0.25) is 5.91 Å². The average Bonchev–Trinajstić information content (AvgIpc) is 2.54. The van der Waals surface area contributed by atoms with Crippen LogP contribution in [0.15, 0.2) is 48.5 Å². The van der Waals surface area contributed by atoms with Crippen molar-refractivity contribution < 1.29 is 4.79 Å². The maximum atomic E-state index is 12.2. The lowest BCUT2D eigenvalue weighted by Crippen LogP contribution is -2.26. The van der Waals surface area contributed by atoms with Crippen molar-refractivity contribution in [1.82, 2.24) is 5.32 Å². The van der Waals surface area contributed by atoms with Gasteiger partial charge in [-0.15, -0.1) is 0 Å².